The van der Waals surface area contributed by atoms with Gasteiger partial charge in [0, 0.05) is 29.9 Å². The summed E-state index contributed by atoms with van der Waals surface area (Å²) in [5.74, 6) is 0.573. The molecule has 0 aliphatic carbocycles. The second-order valence-corrected chi connectivity index (χ2v) is 4.06. The topological polar surface area (TPSA) is 34.1 Å². The van der Waals surface area contributed by atoms with Crippen molar-refractivity contribution in [3.8, 4) is 0 Å². The monoisotopic (exact) mass is 314 g/mol. The van der Waals surface area contributed by atoms with E-state index in [1.54, 1.807) is 6.92 Å². The average Bonchev–Trinajstić information content (AvgIpc) is 2.06. The molecule has 0 rings (SSSR count). The van der Waals surface area contributed by atoms with Gasteiger partial charge in [0.05, 0.1) is 0 Å². The van der Waals surface area contributed by atoms with Crippen molar-refractivity contribution in [2.45, 2.75) is 33.1 Å². The molecular weight excluding hydrogens is 300 g/mol. The molecular formula is C9H16Br2O2. The highest BCUT2D eigenvalue weighted by Gasteiger charge is 1.96. The van der Waals surface area contributed by atoms with Gasteiger partial charge in [0.1, 0.15) is 11.6 Å². The fourth-order valence-electron chi connectivity index (χ4n) is 0.336. The quantitative estimate of drug-likeness (QED) is 0.731. The van der Waals surface area contributed by atoms with Gasteiger partial charge in [-0.3, -0.25) is 4.79 Å². The molecule has 0 heterocycles. The lowest BCUT2D eigenvalue weighted by atomic mass is 10.2. The fourth-order valence-corrected chi connectivity index (χ4v) is 1.22. The van der Waals surface area contributed by atoms with Crippen LogP contribution >= 0.6 is 31.9 Å². The average molecular weight is 316 g/mol. The lowest BCUT2D eigenvalue weighted by molar-refractivity contribution is -0.118. The second-order valence-electron chi connectivity index (χ2n) is 2.47. The molecule has 0 aromatic carbocycles. The first-order valence-corrected chi connectivity index (χ1v) is 6.45. The predicted octanol–water partition coefficient (Wildman–Crippen LogP) is 3.11. The summed E-state index contributed by atoms with van der Waals surface area (Å²) in [7, 11) is 0. The van der Waals surface area contributed by atoms with Crippen molar-refractivity contribution in [3.05, 3.63) is 0 Å². The van der Waals surface area contributed by atoms with Crippen LogP contribution in [-0.2, 0) is 9.59 Å². The summed E-state index contributed by atoms with van der Waals surface area (Å²) in [6.07, 6.45) is 1.98. The Bertz CT molecular complexity index is 139. The minimum absolute atomic E-state index is 0.255. The van der Waals surface area contributed by atoms with E-state index in [0.29, 0.717) is 25.0 Å². The van der Waals surface area contributed by atoms with Crippen LogP contribution < -0.4 is 0 Å². The molecule has 13 heavy (non-hydrogen) atoms. The van der Waals surface area contributed by atoms with E-state index in [2.05, 4.69) is 31.9 Å². The smallest absolute Gasteiger partial charge is 0.134 e. The summed E-state index contributed by atoms with van der Waals surface area (Å²) in [5, 5.41) is 1.58. The van der Waals surface area contributed by atoms with Crippen LogP contribution in [-0.4, -0.2) is 22.2 Å². The second kappa shape index (κ2) is 12.3. The Hall–Kier alpha value is 0.300. The lowest BCUT2D eigenvalue weighted by Gasteiger charge is -1.89. The Labute approximate surface area is 96.7 Å². The van der Waals surface area contributed by atoms with Gasteiger partial charge < -0.3 is 4.79 Å². The third-order valence-electron chi connectivity index (χ3n) is 1.24. The van der Waals surface area contributed by atoms with Gasteiger partial charge in [-0.25, -0.2) is 0 Å². The largest absolute Gasteiger partial charge is 0.300 e. The molecule has 0 fully saturated rings. The van der Waals surface area contributed by atoms with Crippen molar-refractivity contribution in [2.24, 2.45) is 0 Å². The Morgan fingerprint density at radius 3 is 1.54 bits per heavy atom. The molecule has 0 bridgehead atoms. The molecule has 0 radical (unpaired) electrons. The number of alkyl halides is 2. The predicted molar refractivity (Wildman–Crippen MR) is 62.8 cm³/mol. The van der Waals surface area contributed by atoms with Crippen LogP contribution in [0, 0.1) is 0 Å². The highest BCUT2D eigenvalue weighted by molar-refractivity contribution is 9.09. The third kappa shape index (κ3) is 18.9. The number of Topliss-reactive ketones (excluding diaryl/α,β-unsaturated/α-hetero) is 2. The number of rotatable bonds is 5. The zero-order valence-electron chi connectivity index (χ0n) is 8.11. The third-order valence-corrected chi connectivity index (χ3v) is 2.04. The van der Waals surface area contributed by atoms with Crippen LogP contribution in [0.5, 0.6) is 0 Å². The van der Waals surface area contributed by atoms with Crippen molar-refractivity contribution < 1.29 is 9.59 Å². The number of carbonyl (C=O) groups excluding carboxylic acids is 2. The molecule has 0 aromatic rings. The maximum Gasteiger partial charge on any atom is 0.134 e. The Morgan fingerprint density at radius 2 is 1.38 bits per heavy atom. The molecule has 0 saturated heterocycles. The summed E-state index contributed by atoms with van der Waals surface area (Å²) in [5.41, 5.74) is 0. The van der Waals surface area contributed by atoms with E-state index in [0.717, 1.165) is 10.7 Å². The molecule has 0 N–H and O–H groups in total. The summed E-state index contributed by atoms with van der Waals surface area (Å²) in [6.45, 7) is 3.43. The normalized spacial score (nSPS) is 8.62. The minimum atomic E-state index is 0.255. The van der Waals surface area contributed by atoms with Crippen molar-refractivity contribution >= 4 is 43.4 Å². The van der Waals surface area contributed by atoms with Gasteiger partial charge in [0.2, 0.25) is 0 Å². The molecule has 0 spiro atoms. The van der Waals surface area contributed by atoms with E-state index >= 15 is 0 Å². The molecule has 0 aliphatic heterocycles. The minimum Gasteiger partial charge on any atom is -0.300 e. The molecule has 0 aliphatic rings. The fraction of sp³-hybridized carbons (Fsp3) is 0.778. The summed E-state index contributed by atoms with van der Waals surface area (Å²) in [4.78, 5) is 20.4. The standard InChI is InChI=1S/C5H8Br2O.C4H8O/c6-3-1-5(8)2-4-7;1-3-4(2)5/h1-4H2;3H2,1-2H3. The summed E-state index contributed by atoms with van der Waals surface area (Å²) >= 11 is 6.37. The SMILES string of the molecule is CCC(C)=O.O=C(CCBr)CCBr. The first-order chi connectivity index (χ1) is 6.08. The van der Waals surface area contributed by atoms with Gasteiger partial charge in [-0.2, -0.15) is 0 Å². The molecule has 0 amide bonds. The van der Waals surface area contributed by atoms with E-state index in [4.69, 9.17) is 0 Å². The maximum atomic E-state index is 10.6. The first-order valence-electron chi connectivity index (χ1n) is 4.21. The van der Waals surface area contributed by atoms with Crippen molar-refractivity contribution in [1.29, 1.82) is 0 Å². The number of hydrogen-bond donors (Lipinski definition) is 0. The molecule has 4 heteroatoms. The highest BCUT2D eigenvalue weighted by atomic mass is 79.9. The van der Waals surface area contributed by atoms with Crippen molar-refractivity contribution in [2.75, 3.05) is 10.7 Å². The Kier molecular flexibility index (Phi) is 14.9. The highest BCUT2D eigenvalue weighted by Crippen LogP contribution is 1.95. The van der Waals surface area contributed by atoms with Crippen LogP contribution in [0.25, 0.3) is 0 Å². The summed E-state index contributed by atoms with van der Waals surface area (Å²) in [6, 6.07) is 0. The molecule has 0 atom stereocenters. The van der Waals surface area contributed by atoms with Gasteiger partial charge in [-0.15, -0.1) is 0 Å². The van der Waals surface area contributed by atoms with Crippen LogP contribution in [0.3, 0.4) is 0 Å². The summed E-state index contributed by atoms with van der Waals surface area (Å²) < 4.78 is 0. The van der Waals surface area contributed by atoms with E-state index in [-0.39, 0.29) is 5.78 Å². The number of carbonyl (C=O) groups is 2. The van der Waals surface area contributed by atoms with Crippen molar-refractivity contribution in [3.63, 3.8) is 0 Å². The first kappa shape index (κ1) is 15.8. The van der Waals surface area contributed by atoms with E-state index < -0.39 is 0 Å². The van der Waals surface area contributed by atoms with Gasteiger partial charge in [-0.05, 0) is 6.92 Å². The zero-order valence-corrected chi connectivity index (χ0v) is 11.3. The van der Waals surface area contributed by atoms with Gasteiger partial charge >= 0.3 is 0 Å². The molecule has 2 nitrogen and oxygen atoms in total. The molecule has 78 valence electrons. The lowest BCUT2D eigenvalue weighted by Crippen LogP contribution is -1.97. The van der Waals surface area contributed by atoms with Crippen LogP contribution in [0.2, 0.25) is 0 Å². The van der Waals surface area contributed by atoms with Gasteiger partial charge in [0.15, 0.2) is 0 Å². The number of hydrogen-bond acceptors (Lipinski definition) is 2. The van der Waals surface area contributed by atoms with Crippen LogP contribution in [0.15, 0.2) is 0 Å². The van der Waals surface area contributed by atoms with Gasteiger partial charge in [0.25, 0.3) is 0 Å². The molecule has 0 saturated carbocycles. The number of ketones is 2. The van der Waals surface area contributed by atoms with Crippen LogP contribution in [0.4, 0.5) is 0 Å². The Morgan fingerprint density at radius 1 is 1.08 bits per heavy atom. The molecule has 0 aromatic heterocycles. The van der Waals surface area contributed by atoms with Crippen molar-refractivity contribution in [1.82, 2.24) is 0 Å². The maximum absolute atomic E-state index is 10.6. The van der Waals surface area contributed by atoms with E-state index in [9.17, 15) is 9.59 Å². The zero-order chi connectivity index (χ0) is 10.7. The Balaban J connectivity index is 0. The van der Waals surface area contributed by atoms with Gasteiger partial charge in [-0.1, -0.05) is 38.8 Å². The molecule has 0 unspecified atom stereocenters. The van der Waals surface area contributed by atoms with E-state index in [1.807, 2.05) is 6.92 Å². The van der Waals surface area contributed by atoms with Crippen LogP contribution in [0.1, 0.15) is 33.1 Å². The van der Waals surface area contributed by atoms with E-state index in [1.165, 1.54) is 0 Å². The number of halogens is 2.